The van der Waals surface area contributed by atoms with Crippen molar-refractivity contribution < 1.29 is 23.5 Å². The highest BCUT2D eigenvalue weighted by Crippen LogP contribution is 2.44. The summed E-state index contributed by atoms with van der Waals surface area (Å²) in [5.41, 5.74) is 1.99. The van der Waals surface area contributed by atoms with E-state index in [0.29, 0.717) is 33.8 Å². The number of pyridine rings is 3. The van der Waals surface area contributed by atoms with Crippen LogP contribution in [0.4, 0.5) is 20.6 Å². The van der Waals surface area contributed by atoms with Gasteiger partial charge in [-0.25, -0.2) is 14.2 Å². The van der Waals surface area contributed by atoms with Crippen molar-refractivity contribution in [2.75, 3.05) is 37.0 Å². The minimum atomic E-state index is -0.851. The van der Waals surface area contributed by atoms with Crippen molar-refractivity contribution in [1.82, 2.24) is 19.4 Å². The summed E-state index contributed by atoms with van der Waals surface area (Å²) < 4.78 is 29.7. The fourth-order valence-corrected chi connectivity index (χ4v) is 7.47. The van der Waals surface area contributed by atoms with E-state index >= 15 is 9.18 Å². The Labute approximate surface area is 301 Å². The van der Waals surface area contributed by atoms with E-state index in [4.69, 9.17) is 14.5 Å². The van der Waals surface area contributed by atoms with E-state index in [1.807, 2.05) is 69.0 Å². The second kappa shape index (κ2) is 12.6. The van der Waals surface area contributed by atoms with Crippen molar-refractivity contribution in [3.8, 4) is 22.7 Å². The monoisotopic (exact) mass is 706 g/mol. The molecule has 0 aliphatic carbocycles. The van der Waals surface area contributed by atoms with Gasteiger partial charge in [0, 0.05) is 36.8 Å². The molecule has 270 valence electrons. The molecule has 52 heavy (non-hydrogen) atoms. The van der Waals surface area contributed by atoms with Gasteiger partial charge in [0.2, 0.25) is 0 Å². The van der Waals surface area contributed by atoms with Crippen molar-refractivity contribution in [2.45, 2.75) is 72.1 Å². The van der Waals surface area contributed by atoms with Crippen molar-refractivity contribution in [3.63, 3.8) is 0 Å². The van der Waals surface area contributed by atoms with Gasteiger partial charge < -0.3 is 24.2 Å². The molecular weight excluding hydrogens is 663 g/mol. The number of rotatable bonds is 4. The normalized spacial score (nSPS) is 17.5. The van der Waals surface area contributed by atoms with Gasteiger partial charge in [-0.3, -0.25) is 19.1 Å². The van der Waals surface area contributed by atoms with Crippen LogP contribution in [0.5, 0.6) is 5.75 Å². The fraction of sp³-hybridized carbons (Fsp3) is 0.375. The van der Waals surface area contributed by atoms with Gasteiger partial charge in [-0.1, -0.05) is 38.1 Å². The smallest absolute Gasteiger partial charge is 0.410 e. The van der Waals surface area contributed by atoms with Crippen LogP contribution >= 0.6 is 0 Å². The number of carbonyl (C=O) groups is 2. The third-order valence-electron chi connectivity index (χ3n) is 9.91. The number of aryl methyl sites for hydroxylation is 1. The number of fused-ring (bicyclic) bond motifs is 6. The Morgan fingerprint density at radius 2 is 1.73 bits per heavy atom. The second-order valence-electron chi connectivity index (χ2n) is 15.0. The lowest BCUT2D eigenvalue weighted by atomic mass is 9.97. The highest BCUT2D eigenvalue weighted by molar-refractivity contribution is 6.12. The Morgan fingerprint density at radius 3 is 2.42 bits per heavy atom. The number of piperazine rings is 1. The molecule has 2 atom stereocenters. The Bertz CT molecular complexity index is 2350. The second-order valence-corrected chi connectivity index (χ2v) is 15.0. The number of nitrogens with zero attached hydrogens (tertiary/aromatic N) is 6. The highest BCUT2D eigenvalue weighted by Gasteiger charge is 2.47. The maximum absolute atomic E-state index is 16.9. The summed E-state index contributed by atoms with van der Waals surface area (Å²) in [6, 6.07) is 13.2. The number of carbonyl (C=O) groups excluding carboxylic acids is 2. The Kier molecular flexibility index (Phi) is 8.46. The number of methoxy groups -OCH3 is 1. The standard InChI is InChI=1S/C40H43FN6O5/c1-21(2)31-33(22(3)14-15-42-31)47-36-28(18-29(41)32(43-36)27-17-25(51-9)16-24-12-10-11-13-26(24)27)34-35(38(47)49)44(8)37(48)30-20-45(23(4)19-46(30)34)39(50)52-40(5,6)7/h10-18,21,23,30H,19-20H2,1-9H3/t23-,30-/m1/s1. The first-order chi connectivity index (χ1) is 24.6. The van der Waals surface area contributed by atoms with Crippen LogP contribution in [0, 0.1) is 12.7 Å². The first-order valence-corrected chi connectivity index (χ1v) is 17.5. The Hall–Kier alpha value is -5.52. The van der Waals surface area contributed by atoms with Gasteiger partial charge in [0.1, 0.15) is 34.6 Å². The number of benzene rings is 2. The number of amides is 2. The summed E-state index contributed by atoms with van der Waals surface area (Å²) in [5.74, 6) is -0.527. The molecule has 0 bridgehead atoms. The molecular formula is C40H43FN6O5. The third-order valence-corrected chi connectivity index (χ3v) is 9.91. The summed E-state index contributed by atoms with van der Waals surface area (Å²) in [6.45, 7) is 13.3. The molecule has 2 aliphatic rings. The molecule has 3 aromatic heterocycles. The van der Waals surface area contributed by atoms with Crippen LogP contribution in [0.25, 0.3) is 38.8 Å². The van der Waals surface area contributed by atoms with Crippen LogP contribution in [0.15, 0.2) is 59.5 Å². The quantitative estimate of drug-likeness (QED) is 0.197. The predicted molar refractivity (Wildman–Crippen MR) is 200 cm³/mol. The summed E-state index contributed by atoms with van der Waals surface area (Å²) >= 11 is 0. The van der Waals surface area contributed by atoms with E-state index in [0.717, 1.165) is 16.3 Å². The van der Waals surface area contributed by atoms with Gasteiger partial charge in [0.05, 0.1) is 30.7 Å². The number of halogens is 1. The maximum Gasteiger partial charge on any atom is 0.410 e. The zero-order chi connectivity index (χ0) is 37.4. The number of likely N-dealkylation sites (N-methyl/N-ethyl adjacent to an activating group) is 1. The van der Waals surface area contributed by atoms with E-state index in [1.54, 1.807) is 52.1 Å². The topological polar surface area (TPSA) is 110 Å². The molecule has 0 spiro atoms. The SMILES string of the molecule is COc1cc(-c2nc3c(cc2F)c2c(c(=O)n3-c3c(C)ccnc3C(C)C)N(C)C(=O)[C@H]3CN(C(=O)OC(C)(C)C)[C@H](C)CN23)c2ccccc2c1. The fourth-order valence-electron chi connectivity index (χ4n) is 7.47. The molecule has 5 aromatic rings. The van der Waals surface area contributed by atoms with Crippen LogP contribution in [0.3, 0.4) is 0 Å². The van der Waals surface area contributed by atoms with Crippen LogP contribution in [-0.2, 0) is 9.53 Å². The van der Waals surface area contributed by atoms with E-state index in [-0.39, 0.29) is 41.9 Å². The minimum absolute atomic E-state index is 0.0201. The molecule has 1 fully saturated rings. The molecule has 0 saturated carbocycles. The minimum Gasteiger partial charge on any atom is -0.497 e. The molecule has 2 aliphatic heterocycles. The van der Waals surface area contributed by atoms with Crippen molar-refractivity contribution in [1.29, 1.82) is 0 Å². The van der Waals surface area contributed by atoms with Crippen LogP contribution in [-0.4, -0.2) is 76.4 Å². The number of ether oxygens (including phenoxy) is 2. The highest BCUT2D eigenvalue weighted by atomic mass is 19.1. The summed E-state index contributed by atoms with van der Waals surface area (Å²) in [4.78, 5) is 57.0. The van der Waals surface area contributed by atoms with Gasteiger partial charge in [0.25, 0.3) is 11.5 Å². The van der Waals surface area contributed by atoms with Gasteiger partial charge in [-0.15, -0.1) is 0 Å². The van der Waals surface area contributed by atoms with Crippen LogP contribution in [0.2, 0.25) is 0 Å². The maximum atomic E-state index is 16.9. The molecule has 7 rings (SSSR count). The first kappa shape index (κ1) is 34.9. The molecule has 2 amide bonds. The van der Waals surface area contributed by atoms with E-state index in [1.165, 1.54) is 15.5 Å². The zero-order valence-corrected chi connectivity index (χ0v) is 30.9. The molecule has 2 aromatic carbocycles. The van der Waals surface area contributed by atoms with Crippen LogP contribution < -0.4 is 20.1 Å². The number of anilines is 2. The first-order valence-electron chi connectivity index (χ1n) is 17.5. The van der Waals surface area contributed by atoms with Crippen molar-refractivity contribution >= 4 is 45.2 Å². The molecule has 0 unspecified atom stereocenters. The molecule has 12 heteroatoms. The summed E-state index contributed by atoms with van der Waals surface area (Å²) in [5, 5.41) is 1.95. The molecule has 5 heterocycles. The average Bonchev–Trinajstić information content (AvgIpc) is 3.09. The average molecular weight is 707 g/mol. The van der Waals surface area contributed by atoms with E-state index in [2.05, 4.69) is 4.98 Å². The van der Waals surface area contributed by atoms with Crippen molar-refractivity contribution in [2.24, 2.45) is 0 Å². The molecule has 0 radical (unpaired) electrons. The van der Waals surface area contributed by atoms with Crippen molar-refractivity contribution in [3.05, 3.63) is 82.2 Å². The lowest BCUT2D eigenvalue weighted by Gasteiger charge is -2.49. The van der Waals surface area contributed by atoms with Gasteiger partial charge in [-0.2, -0.15) is 0 Å². The lowest BCUT2D eigenvalue weighted by molar-refractivity contribution is -0.121. The van der Waals surface area contributed by atoms with Gasteiger partial charge in [-0.05, 0) is 81.1 Å². The zero-order valence-electron chi connectivity index (χ0n) is 30.9. The lowest BCUT2D eigenvalue weighted by Crippen LogP contribution is -2.66. The number of hydrogen-bond donors (Lipinski definition) is 0. The Balaban J connectivity index is 1.55. The summed E-state index contributed by atoms with van der Waals surface area (Å²) in [7, 11) is 3.10. The largest absolute Gasteiger partial charge is 0.497 e. The molecule has 1 saturated heterocycles. The third kappa shape index (κ3) is 5.61. The van der Waals surface area contributed by atoms with Gasteiger partial charge >= 0.3 is 6.09 Å². The number of aromatic nitrogens is 3. The van der Waals surface area contributed by atoms with Gasteiger partial charge in [0.15, 0.2) is 5.65 Å². The molecule has 11 nitrogen and oxygen atoms in total. The van der Waals surface area contributed by atoms with E-state index < -0.39 is 35.2 Å². The number of hydrogen-bond acceptors (Lipinski definition) is 8. The predicted octanol–water partition coefficient (Wildman–Crippen LogP) is 6.97. The Morgan fingerprint density at radius 1 is 1.00 bits per heavy atom. The van der Waals surface area contributed by atoms with E-state index in [9.17, 15) is 9.59 Å². The summed E-state index contributed by atoms with van der Waals surface area (Å²) in [6.07, 6.45) is 1.17. The molecule has 0 N–H and O–H groups in total. The van der Waals surface area contributed by atoms with Crippen LogP contribution in [0.1, 0.15) is 58.7 Å².